The summed E-state index contributed by atoms with van der Waals surface area (Å²) in [5, 5.41) is 0. The topological polar surface area (TPSA) is 18.5 Å². The van der Waals surface area contributed by atoms with Crippen molar-refractivity contribution in [2.75, 3.05) is 14.2 Å². The molecule has 0 aromatic heterocycles. The van der Waals surface area contributed by atoms with Crippen molar-refractivity contribution in [2.24, 2.45) is 11.8 Å². The highest BCUT2D eigenvalue weighted by Gasteiger charge is 2.03. The molecule has 1 unspecified atom stereocenters. The van der Waals surface area contributed by atoms with Crippen LogP contribution in [0.1, 0.15) is 40.0 Å². The molecule has 0 bridgehead atoms. The Bertz CT molecular complexity index is 156. The predicted octanol–water partition coefficient (Wildman–Crippen LogP) is 3.58. The van der Waals surface area contributed by atoms with Gasteiger partial charge in [-0.2, -0.15) is 0 Å². The van der Waals surface area contributed by atoms with Crippen molar-refractivity contribution in [2.45, 2.75) is 40.0 Å². The monoisotopic (exact) mass is 200 g/mol. The largest absolute Gasteiger partial charge is 0.469 e. The van der Waals surface area contributed by atoms with Crippen LogP contribution in [-0.2, 0) is 9.47 Å². The molecule has 0 fully saturated rings. The molecule has 0 saturated heterocycles. The van der Waals surface area contributed by atoms with E-state index >= 15 is 0 Å². The molecule has 0 spiro atoms. The molecule has 0 aliphatic heterocycles. The van der Waals surface area contributed by atoms with Gasteiger partial charge in [-0.1, -0.05) is 33.6 Å². The third-order valence-corrected chi connectivity index (χ3v) is 2.26. The lowest BCUT2D eigenvalue weighted by Gasteiger charge is -2.10. The number of methoxy groups -OCH3 is 2. The molecule has 0 heterocycles. The molecule has 2 nitrogen and oxygen atoms in total. The van der Waals surface area contributed by atoms with Gasteiger partial charge in [0.2, 0.25) is 0 Å². The standard InChI is InChI=1S/C12H24O2/c1-10(2)7-6-8-11(3)9-12(13-4)14-5/h9-11H,6-8H2,1-5H3. The fourth-order valence-corrected chi connectivity index (χ4v) is 1.38. The van der Waals surface area contributed by atoms with Gasteiger partial charge >= 0.3 is 0 Å². The Morgan fingerprint density at radius 2 is 1.64 bits per heavy atom. The normalized spacial score (nSPS) is 12.4. The molecule has 14 heavy (non-hydrogen) atoms. The van der Waals surface area contributed by atoms with Gasteiger partial charge in [0.1, 0.15) is 0 Å². The van der Waals surface area contributed by atoms with Crippen molar-refractivity contribution in [1.82, 2.24) is 0 Å². The second kappa shape index (κ2) is 7.72. The van der Waals surface area contributed by atoms with Gasteiger partial charge < -0.3 is 9.47 Å². The van der Waals surface area contributed by atoms with Crippen LogP contribution in [0.2, 0.25) is 0 Å². The summed E-state index contributed by atoms with van der Waals surface area (Å²) in [4.78, 5) is 0. The van der Waals surface area contributed by atoms with Crippen LogP contribution in [0.4, 0.5) is 0 Å². The molecule has 0 radical (unpaired) electrons. The smallest absolute Gasteiger partial charge is 0.274 e. The van der Waals surface area contributed by atoms with Crippen LogP contribution in [-0.4, -0.2) is 14.2 Å². The van der Waals surface area contributed by atoms with Crippen LogP contribution in [0.3, 0.4) is 0 Å². The highest BCUT2D eigenvalue weighted by molar-refractivity contribution is 4.87. The van der Waals surface area contributed by atoms with Crippen LogP contribution in [0.5, 0.6) is 0 Å². The molecule has 84 valence electrons. The van der Waals surface area contributed by atoms with Crippen LogP contribution in [0.15, 0.2) is 12.0 Å². The van der Waals surface area contributed by atoms with Crippen molar-refractivity contribution in [3.8, 4) is 0 Å². The van der Waals surface area contributed by atoms with E-state index in [1.54, 1.807) is 14.2 Å². The van der Waals surface area contributed by atoms with Crippen LogP contribution < -0.4 is 0 Å². The number of rotatable bonds is 7. The molecule has 0 saturated carbocycles. The first-order valence-corrected chi connectivity index (χ1v) is 5.40. The lowest BCUT2D eigenvalue weighted by Crippen LogP contribution is -1.97. The summed E-state index contributed by atoms with van der Waals surface area (Å²) >= 11 is 0. The van der Waals surface area contributed by atoms with Gasteiger partial charge in [0, 0.05) is 0 Å². The highest BCUT2D eigenvalue weighted by Crippen LogP contribution is 2.15. The summed E-state index contributed by atoms with van der Waals surface area (Å²) in [5.41, 5.74) is 0. The van der Waals surface area contributed by atoms with E-state index in [2.05, 4.69) is 20.8 Å². The predicted molar refractivity (Wildman–Crippen MR) is 60.0 cm³/mol. The highest BCUT2D eigenvalue weighted by atomic mass is 16.7. The lowest BCUT2D eigenvalue weighted by molar-refractivity contribution is 0.0922. The lowest BCUT2D eigenvalue weighted by atomic mass is 10.00. The first kappa shape index (κ1) is 13.3. The molecular weight excluding hydrogens is 176 g/mol. The zero-order chi connectivity index (χ0) is 11.0. The number of hydrogen-bond acceptors (Lipinski definition) is 2. The van der Waals surface area contributed by atoms with Crippen molar-refractivity contribution in [1.29, 1.82) is 0 Å². The minimum absolute atomic E-state index is 0.531. The summed E-state index contributed by atoms with van der Waals surface area (Å²) in [6.45, 7) is 6.71. The van der Waals surface area contributed by atoms with Crippen molar-refractivity contribution >= 4 is 0 Å². The summed E-state index contributed by atoms with van der Waals surface area (Å²) in [7, 11) is 3.27. The molecule has 0 amide bonds. The number of hydrogen-bond donors (Lipinski definition) is 0. The zero-order valence-corrected chi connectivity index (χ0v) is 10.2. The van der Waals surface area contributed by atoms with E-state index in [-0.39, 0.29) is 0 Å². The first-order chi connectivity index (χ1) is 6.60. The van der Waals surface area contributed by atoms with Crippen LogP contribution >= 0.6 is 0 Å². The van der Waals surface area contributed by atoms with E-state index in [4.69, 9.17) is 9.47 Å². The maximum Gasteiger partial charge on any atom is 0.274 e. The first-order valence-electron chi connectivity index (χ1n) is 5.40. The second-order valence-corrected chi connectivity index (χ2v) is 4.20. The summed E-state index contributed by atoms with van der Waals surface area (Å²) in [6, 6.07) is 0. The molecule has 0 N–H and O–H groups in total. The third-order valence-electron chi connectivity index (χ3n) is 2.26. The van der Waals surface area contributed by atoms with Gasteiger partial charge in [-0.15, -0.1) is 0 Å². The second-order valence-electron chi connectivity index (χ2n) is 4.20. The summed E-state index contributed by atoms with van der Waals surface area (Å²) in [6.07, 6.45) is 5.82. The van der Waals surface area contributed by atoms with Crippen molar-refractivity contribution < 1.29 is 9.47 Å². The fourth-order valence-electron chi connectivity index (χ4n) is 1.38. The van der Waals surface area contributed by atoms with Crippen LogP contribution in [0.25, 0.3) is 0 Å². The Labute approximate surface area is 88.3 Å². The summed E-state index contributed by atoms with van der Waals surface area (Å²) in [5.74, 6) is 1.96. The molecule has 1 atom stereocenters. The van der Waals surface area contributed by atoms with Crippen molar-refractivity contribution in [3.05, 3.63) is 12.0 Å². The van der Waals surface area contributed by atoms with Gasteiger partial charge in [-0.25, -0.2) is 0 Å². The Hall–Kier alpha value is -0.660. The van der Waals surface area contributed by atoms with Gasteiger partial charge in [0.15, 0.2) is 0 Å². The van der Waals surface area contributed by atoms with E-state index in [1.807, 2.05) is 6.08 Å². The van der Waals surface area contributed by atoms with Gasteiger partial charge in [0.05, 0.1) is 14.2 Å². The van der Waals surface area contributed by atoms with E-state index in [0.29, 0.717) is 11.9 Å². The molecule has 2 heteroatoms. The zero-order valence-electron chi connectivity index (χ0n) is 10.2. The number of allylic oxidation sites excluding steroid dienone is 1. The molecule has 0 aromatic rings. The third kappa shape index (κ3) is 6.81. The molecule has 0 aliphatic rings. The van der Waals surface area contributed by atoms with E-state index < -0.39 is 0 Å². The summed E-state index contributed by atoms with van der Waals surface area (Å²) < 4.78 is 10.1. The minimum atomic E-state index is 0.531. The Morgan fingerprint density at radius 1 is 1.07 bits per heavy atom. The van der Waals surface area contributed by atoms with Gasteiger partial charge in [-0.3, -0.25) is 0 Å². The van der Waals surface area contributed by atoms with E-state index in [1.165, 1.54) is 19.3 Å². The average molecular weight is 200 g/mol. The SMILES string of the molecule is COC(=CC(C)CCCC(C)C)OC. The Kier molecular flexibility index (Phi) is 7.35. The quantitative estimate of drug-likeness (QED) is 0.585. The molecule has 0 aliphatic carbocycles. The Morgan fingerprint density at radius 3 is 2.07 bits per heavy atom. The van der Waals surface area contributed by atoms with E-state index in [0.717, 1.165) is 5.92 Å². The maximum atomic E-state index is 5.04. The molecule has 0 rings (SSSR count). The van der Waals surface area contributed by atoms with Crippen LogP contribution in [0, 0.1) is 11.8 Å². The molecule has 0 aromatic carbocycles. The number of ether oxygens (including phenoxy) is 2. The minimum Gasteiger partial charge on any atom is -0.469 e. The fraction of sp³-hybridized carbons (Fsp3) is 0.833. The molecular formula is C12H24O2. The Balaban J connectivity index is 3.73. The van der Waals surface area contributed by atoms with Gasteiger partial charge in [-0.05, 0) is 24.3 Å². The van der Waals surface area contributed by atoms with Crippen molar-refractivity contribution in [3.63, 3.8) is 0 Å². The van der Waals surface area contributed by atoms with E-state index in [9.17, 15) is 0 Å². The maximum absolute atomic E-state index is 5.04. The van der Waals surface area contributed by atoms with Gasteiger partial charge in [0.25, 0.3) is 5.95 Å². The average Bonchev–Trinajstić information content (AvgIpc) is 2.13.